The standard InChI is InChI=1S/C14H15ClN2O/c1-18-13-8-7-11(15)9-12(13)14(17-16)10-5-3-2-4-6-10/h2-9,14,17H,16H2,1H3. The van der Waals surface area contributed by atoms with Gasteiger partial charge in [0, 0.05) is 10.6 Å². The Labute approximate surface area is 111 Å². The predicted octanol–water partition coefficient (Wildman–Crippen LogP) is 2.90. The van der Waals surface area contributed by atoms with E-state index in [9.17, 15) is 0 Å². The lowest BCUT2D eigenvalue weighted by molar-refractivity contribution is 0.404. The molecule has 2 rings (SSSR count). The highest BCUT2D eigenvalue weighted by Crippen LogP contribution is 2.31. The van der Waals surface area contributed by atoms with Crippen molar-refractivity contribution in [2.24, 2.45) is 5.84 Å². The SMILES string of the molecule is COc1ccc(Cl)cc1C(NN)c1ccccc1. The van der Waals surface area contributed by atoms with Gasteiger partial charge in [-0.25, -0.2) is 5.43 Å². The second-order valence-corrected chi connectivity index (χ2v) is 4.33. The van der Waals surface area contributed by atoms with Crippen LogP contribution in [0, 0.1) is 0 Å². The lowest BCUT2D eigenvalue weighted by Crippen LogP contribution is -2.29. The molecular weight excluding hydrogens is 248 g/mol. The second kappa shape index (κ2) is 5.87. The minimum atomic E-state index is -0.153. The molecule has 0 spiro atoms. The third-order valence-electron chi connectivity index (χ3n) is 2.80. The van der Waals surface area contributed by atoms with E-state index in [0.29, 0.717) is 5.02 Å². The molecule has 3 nitrogen and oxygen atoms in total. The molecule has 0 bridgehead atoms. The maximum absolute atomic E-state index is 6.04. The zero-order valence-electron chi connectivity index (χ0n) is 10.1. The summed E-state index contributed by atoms with van der Waals surface area (Å²) in [6.07, 6.45) is 0. The van der Waals surface area contributed by atoms with Crippen molar-refractivity contribution in [3.63, 3.8) is 0 Å². The summed E-state index contributed by atoms with van der Waals surface area (Å²) >= 11 is 6.04. The first-order valence-corrected chi connectivity index (χ1v) is 5.98. The highest BCUT2D eigenvalue weighted by atomic mass is 35.5. The summed E-state index contributed by atoms with van der Waals surface area (Å²) in [5.41, 5.74) is 4.77. The Morgan fingerprint density at radius 2 is 1.89 bits per heavy atom. The quantitative estimate of drug-likeness (QED) is 0.658. The van der Waals surface area contributed by atoms with Gasteiger partial charge in [0.2, 0.25) is 0 Å². The molecule has 0 radical (unpaired) electrons. The average Bonchev–Trinajstić information content (AvgIpc) is 2.41. The summed E-state index contributed by atoms with van der Waals surface area (Å²) in [4.78, 5) is 0. The van der Waals surface area contributed by atoms with Crippen LogP contribution < -0.4 is 16.0 Å². The van der Waals surface area contributed by atoms with Gasteiger partial charge in [0.15, 0.2) is 0 Å². The Kier molecular flexibility index (Phi) is 4.20. The van der Waals surface area contributed by atoms with Gasteiger partial charge in [-0.1, -0.05) is 41.9 Å². The van der Waals surface area contributed by atoms with Crippen molar-refractivity contribution in [2.75, 3.05) is 7.11 Å². The average molecular weight is 263 g/mol. The first-order chi connectivity index (χ1) is 8.76. The van der Waals surface area contributed by atoms with Gasteiger partial charge < -0.3 is 4.74 Å². The zero-order valence-corrected chi connectivity index (χ0v) is 10.8. The van der Waals surface area contributed by atoms with Crippen LogP contribution in [0.1, 0.15) is 17.2 Å². The van der Waals surface area contributed by atoms with Crippen LogP contribution in [0.3, 0.4) is 0 Å². The van der Waals surface area contributed by atoms with Crippen molar-refractivity contribution in [3.8, 4) is 5.75 Å². The molecule has 2 aromatic carbocycles. The van der Waals surface area contributed by atoms with Crippen molar-refractivity contribution in [1.29, 1.82) is 0 Å². The van der Waals surface area contributed by atoms with E-state index in [1.807, 2.05) is 42.5 Å². The number of hydrogen-bond donors (Lipinski definition) is 2. The number of nitrogens with two attached hydrogens (primary N) is 1. The van der Waals surface area contributed by atoms with E-state index in [0.717, 1.165) is 16.9 Å². The molecule has 0 aliphatic rings. The molecule has 0 amide bonds. The molecule has 0 saturated carbocycles. The van der Waals surface area contributed by atoms with Crippen molar-refractivity contribution >= 4 is 11.6 Å². The van der Waals surface area contributed by atoms with Crippen LogP contribution in [0.5, 0.6) is 5.75 Å². The molecule has 3 N–H and O–H groups in total. The first kappa shape index (κ1) is 12.9. The van der Waals surface area contributed by atoms with Gasteiger partial charge in [-0.3, -0.25) is 5.84 Å². The maximum Gasteiger partial charge on any atom is 0.124 e. The van der Waals surface area contributed by atoms with Crippen LogP contribution in [-0.4, -0.2) is 7.11 Å². The Hall–Kier alpha value is -1.55. The maximum atomic E-state index is 6.04. The molecule has 18 heavy (non-hydrogen) atoms. The summed E-state index contributed by atoms with van der Waals surface area (Å²) in [5.74, 6) is 6.42. The van der Waals surface area contributed by atoms with E-state index in [4.69, 9.17) is 22.2 Å². The molecule has 0 saturated heterocycles. The molecule has 1 atom stereocenters. The molecular formula is C14H15ClN2O. The molecule has 94 valence electrons. The van der Waals surface area contributed by atoms with Crippen LogP contribution in [0.15, 0.2) is 48.5 Å². The van der Waals surface area contributed by atoms with E-state index in [-0.39, 0.29) is 6.04 Å². The molecule has 0 aliphatic carbocycles. The van der Waals surface area contributed by atoms with Crippen LogP contribution in [0.25, 0.3) is 0 Å². The molecule has 4 heteroatoms. The van der Waals surface area contributed by atoms with Crippen molar-refractivity contribution in [1.82, 2.24) is 5.43 Å². The largest absolute Gasteiger partial charge is 0.496 e. The molecule has 0 aliphatic heterocycles. The summed E-state index contributed by atoms with van der Waals surface area (Å²) in [7, 11) is 1.63. The van der Waals surface area contributed by atoms with E-state index in [2.05, 4.69) is 5.43 Å². The first-order valence-electron chi connectivity index (χ1n) is 5.60. The van der Waals surface area contributed by atoms with Crippen molar-refractivity contribution in [3.05, 3.63) is 64.7 Å². The number of benzene rings is 2. The number of hydrazine groups is 1. The van der Waals surface area contributed by atoms with Crippen LogP contribution >= 0.6 is 11.6 Å². The predicted molar refractivity (Wildman–Crippen MR) is 73.6 cm³/mol. The van der Waals surface area contributed by atoms with E-state index in [1.165, 1.54) is 0 Å². The molecule has 0 heterocycles. The van der Waals surface area contributed by atoms with Gasteiger partial charge in [0.05, 0.1) is 13.2 Å². The van der Waals surface area contributed by atoms with E-state index in [1.54, 1.807) is 13.2 Å². The number of nitrogens with one attached hydrogen (secondary N) is 1. The number of halogens is 1. The van der Waals surface area contributed by atoms with E-state index < -0.39 is 0 Å². The Bertz CT molecular complexity index is 516. The molecule has 0 aromatic heterocycles. The third kappa shape index (κ3) is 2.64. The van der Waals surface area contributed by atoms with Crippen molar-refractivity contribution in [2.45, 2.75) is 6.04 Å². The van der Waals surface area contributed by atoms with Gasteiger partial charge in [-0.15, -0.1) is 0 Å². The van der Waals surface area contributed by atoms with Crippen LogP contribution in [-0.2, 0) is 0 Å². The number of rotatable bonds is 4. The fourth-order valence-corrected chi connectivity index (χ4v) is 2.12. The Balaban J connectivity index is 2.48. The second-order valence-electron chi connectivity index (χ2n) is 3.90. The minimum absolute atomic E-state index is 0.153. The summed E-state index contributed by atoms with van der Waals surface area (Å²) in [6.45, 7) is 0. The summed E-state index contributed by atoms with van der Waals surface area (Å²) in [6, 6.07) is 15.3. The lowest BCUT2D eigenvalue weighted by atomic mass is 9.98. The minimum Gasteiger partial charge on any atom is -0.496 e. The fourth-order valence-electron chi connectivity index (χ4n) is 1.94. The van der Waals surface area contributed by atoms with Crippen LogP contribution in [0.2, 0.25) is 5.02 Å². The topological polar surface area (TPSA) is 47.3 Å². The smallest absolute Gasteiger partial charge is 0.124 e. The number of methoxy groups -OCH3 is 1. The van der Waals surface area contributed by atoms with Gasteiger partial charge in [0.25, 0.3) is 0 Å². The third-order valence-corrected chi connectivity index (χ3v) is 3.04. The fraction of sp³-hybridized carbons (Fsp3) is 0.143. The molecule has 1 unspecified atom stereocenters. The zero-order chi connectivity index (χ0) is 13.0. The highest BCUT2D eigenvalue weighted by Gasteiger charge is 2.17. The highest BCUT2D eigenvalue weighted by molar-refractivity contribution is 6.30. The Morgan fingerprint density at radius 3 is 2.50 bits per heavy atom. The van der Waals surface area contributed by atoms with Gasteiger partial charge in [0.1, 0.15) is 5.75 Å². The molecule has 0 fully saturated rings. The normalized spacial score (nSPS) is 12.2. The van der Waals surface area contributed by atoms with Crippen molar-refractivity contribution < 1.29 is 4.74 Å². The Morgan fingerprint density at radius 1 is 1.17 bits per heavy atom. The van der Waals surface area contributed by atoms with Crippen LogP contribution in [0.4, 0.5) is 0 Å². The van der Waals surface area contributed by atoms with Gasteiger partial charge >= 0.3 is 0 Å². The molecule has 2 aromatic rings. The summed E-state index contributed by atoms with van der Waals surface area (Å²) < 4.78 is 5.35. The lowest BCUT2D eigenvalue weighted by Gasteiger charge is -2.19. The summed E-state index contributed by atoms with van der Waals surface area (Å²) in [5, 5.41) is 0.655. The van der Waals surface area contributed by atoms with E-state index >= 15 is 0 Å². The van der Waals surface area contributed by atoms with Gasteiger partial charge in [-0.2, -0.15) is 0 Å². The number of ether oxygens (including phenoxy) is 1. The van der Waals surface area contributed by atoms with Gasteiger partial charge in [-0.05, 0) is 23.8 Å². The monoisotopic (exact) mass is 262 g/mol. The number of hydrogen-bond acceptors (Lipinski definition) is 3.